The molecule has 0 spiro atoms. The fourth-order valence-electron chi connectivity index (χ4n) is 4.46. The number of phosphoric acid groups is 1. The van der Waals surface area contributed by atoms with Crippen LogP contribution in [-0.4, -0.2) is 49.9 Å². The Morgan fingerprint density at radius 1 is 0.707 bits per heavy atom. The average molecular weight is 606 g/mol. The Morgan fingerprint density at radius 3 is 1.83 bits per heavy atom. The van der Waals surface area contributed by atoms with Gasteiger partial charge in [-0.1, -0.05) is 116 Å². The molecule has 3 N–H and O–H groups in total. The van der Waals surface area contributed by atoms with E-state index in [9.17, 15) is 14.3 Å². The van der Waals surface area contributed by atoms with Gasteiger partial charge in [0.15, 0.2) is 0 Å². The van der Waals surface area contributed by atoms with Crippen molar-refractivity contribution in [3.63, 3.8) is 0 Å². The molecule has 0 aromatic rings. The van der Waals surface area contributed by atoms with E-state index in [2.05, 4.69) is 26.0 Å². The number of carbonyl (C=O) groups excluding carboxylic acids is 1. The molecule has 0 aliphatic rings. The fourth-order valence-corrected chi connectivity index (χ4v) is 5.23. The van der Waals surface area contributed by atoms with Gasteiger partial charge in [0.1, 0.15) is 6.10 Å². The van der Waals surface area contributed by atoms with Gasteiger partial charge in [-0.3, -0.25) is 13.8 Å². The summed E-state index contributed by atoms with van der Waals surface area (Å²) in [7, 11) is -4.26. The van der Waals surface area contributed by atoms with E-state index in [-0.39, 0.29) is 32.3 Å². The third-order valence-corrected chi connectivity index (χ3v) is 7.92. The summed E-state index contributed by atoms with van der Waals surface area (Å²) in [6, 6.07) is 0. The number of esters is 1. The number of unbranched alkanes of at least 4 members (excludes halogenated alkanes) is 17. The molecule has 2 unspecified atom stereocenters. The van der Waals surface area contributed by atoms with Gasteiger partial charge in [-0.25, -0.2) is 4.57 Å². The molecule has 244 valence electrons. The van der Waals surface area contributed by atoms with Crippen LogP contribution in [0.4, 0.5) is 0 Å². The van der Waals surface area contributed by atoms with Gasteiger partial charge < -0.3 is 20.1 Å². The van der Waals surface area contributed by atoms with Crippen LogP contribution < -0.4 is 5.73 Å². The van der Waals surface area contributed by atoms with Crippen LogP contribution in [-0.2, 0) is 27.9 Å². The summed E-state index contributed by atoms with van der Waals surface area (Å²) < 4.78 is 33.1. The highest BCUT2D eigenvalue weighted by molar-refractivity contribution is 7.47. The first-order valence-corrected chi connectivity index (χ1v) is 18.2. The molecule has 0 aromatic carbocycles. The Bertz CT molecular complexity index is 648. The Labute approximate surface area is 252 Å². The molecule has 0 radical (unpaired) electrons. The number of hydrogen-bond acceptors (Lipinski definition) is 7. The van der Waals surface area contributed by atoms with E-state index in [1.54, 1.807) is 0 Å². The summed E-state index contributed by atoms with van der Waals surface area (Å²) >= 11 is 0. The summed E-state index contributed by atoms with van der Waals surface area (Å²) in [6.07, 6.45) is 27.9. The monoisotopic (exact) mass is 605 g/mol. The van der Waals surface area contributed by atoms with Crippen LogP contribution in [0.15, 0.2) is 12.2 Å². The van der Waals surface area contributed by atoms with Crippen molar-refractivity contribution in [3.8, 4) is 0 Å². The number of carbonyl (C=O) groups is 1. The molecular weight excluding hydrogens is 541 g/mol. The van der Waals surface area contributed by atoms with Gasteiger partial charge in [0.2, 0.25) is 0 Å². The molecule has 0 aliphatic heterocycles. The van der Waals surface area contributed by atoms with Crippen molar-refractivity contribution in [1.29, 1.82) is 0 Å². The van der Waals surface area contributed by atoms with Crippen LogP contribution >= 0.6 is 7.82 Å². The first-order valence-electron chi connectivity index (χ1n) is 16.7. The van der Waals surface area contributed by atoms with Crippen molar-refractivity contribution in [2.75, 3.05) is 33.0 Å². The maximum Gasteiger partial charge on any atom is 0.472 e. The average Bonchev–Trinajstić information content (AvgIpc) is 2.96. The van der Waals surface area contributed by atoms with E-state index in [4.69, 9.17) is 24.3 Å². The number of rotatable bonds is 32. The molecule has 0 amide bonds. The number of phosphoric ester groups is 1. The molecule has 9 heteroatoms. The Hall–Kier alpha value is -0.760. The summed E-state index contributed by atoms with van der Waals surface area (Å²) in [4.78, 5) is 22.2. The smallest absolute Gasteiger partial charge is 0.457 e. The second-order valence-electron chi connectivity index (χ2n) is 11.0. The molecule has 0 bridgehead atoms. The van der Waals surface area contributed by atoms with Crippen LogP contribution in [0.1, 0.15) is 149 Å². The Balaban J connectivity index is 4.13. The molecule has 8 nitrogen and oxygen atoms in total. The third kappa shape index (κ3) is 30.5. The molecule has 0 aromatic heterocycles. The molecule has 0 heterocycles. The zero-order valence-electron chi connectivity index (χ0n) is 26.5. The lowest BCUT2D eigenvalue weighted by molar-refractivity contribution is -0.154. The quantitative estimate of drug-likeness (QED) is 0.0338. The van der Waals surface area contributed by atoms with Crippen molar-refractivity contribution >= 4 is 13.8 Å². The van der Waals surface area contributed by atoms with Crippen molar-refractivity contribution in [1.82, 2.24) is 0 Å². The number of ether oxygens (including phenoxy) is 2. The first-order chi connectivity index (χ1) is 19.9. The second kappa shape index (κ2) is 30.7. The lowest BCUT2D eigenvalue weighted by Gasteiger charge is -2.20. The van der Waals surface area contributed by atoms with E-state index in [1.165, 1.54) is 96.3 Å². The maximum atomic E-state index is 12.4. The number of hydrogen-bond donors (Lipinski definition) is 2. The van der Waals surface area contributed by atoms with Crippen LogP contribution in [0.2, 0.25) is 0 Å². The van der Waals surface area contributed by atoms with E-state index >= 15 is 0 Å². The highest BCUT2D eigenvalue weighted by Gasteiger charge is 2.25. The molecule has 0 saturated carbocycles. The van der Waals surface area contributed by atoms with Crippen LogP contribution in [0, 0.1) is 0 Å². The maximum absolute atomic E-state index is 12.4. The van der Waals surface area contributed by atoms with Gasteiger partial charge in [0.25, 0.3) is 0 Å². The van der Waals surface area contributed by atoms with Crippen molar-refractivity contribution in [2.45, 2.75) is 155 Å². The predicted octanol–water partition coefficient (Wildman–Crippen LogP) is 8.80. The summed E-state index contributed by atoms with van der Waals surface area (Å²) in [5, 5.41) is 0. The Kier molecular flexibility index (Phi) is 30.1. The van der Waals surface area contributed by atoms with Gasteiger partial charge in [-0.15, -0.1) is 0 Å². The van der Waals surface area contributed by atoms with Gasteiger partial charge in [-0.05, 0) is 38.5 Å². The fraction of sp³-hybridized carbons (Fsp3) is 0.906. The lowest BCUT2D eigenvalue weighted by atomic mass is 10.1. The molecule has 41 heavy (non-hydrogen) atoms. The SMILES string of the molecule is CCCCC/C=C\CCCCCCCCOCC(COP(=O)(O)OCCN)OC(=O)CCCCCCCCCCC. The van der Waals surface area contributed by atoms with Gasteiger partial charge >= 0.3 is 13.8 Å². The minimum atomic E-state index is -4.26. The zero-order chi connectivity index (χ0) is 30.3. The summed E-state index contributed by atoms with van der Waals surface area (Å²) in [5.74, 6) is -0.336. The number of allylic oxidation sites excluding steroid dienone is 2. The zero-order valence-corrected chi connectivity index (χ0v) is 27.4. The largest absolute Gasteiger partial charge is 0.472 e. The van der Waals surface area contributed by atoms with Gasteiger partial charge in [0, 0.05) is 19.6 Å². The number of nitrogens with two attached hydrogens (primary N) is 1. The molecule has 0 fully saturated rings. The molecule has 0 saturated heterocycles. The summed E-state index contributed by atoms with van der Waals surface area (Å²) in [6.45, 7) is 4.86. The topological polar surface area (TPSA) is 117 Å². The Morgan fingerprint density at radius 2 is 1.22 bits per heavy atom. The highest BCUT2D eigenvalue weighted by Crippen LogP contribution is 2.43. The van der Waals surface area contributed by atoms with E-state index < -0.39 is 13.9 Å². The van der Waals surface area contributed by atoms with Crippen molar-refractivity contribution in [3.05, 3.63) is 12.2 Å². The van der Waals surface area contributed by atoms with E-state index in [0.29, 0.717) is 13.0 Å². The van der Waals surface area contributed by atoms with Crippen LogP contribution in [0.25, 0.3) is 0 Å². The van der Waals surface area contributed by atoms with Crippen molar-refractivity contribution in [2.24, 2.45) is 5.73 Å². The standard InChI is InChI=1S/C32H64NO7P/c1-3-5-7-9-11-13-14-15-16-18-20-22-24-27-37-29-31(30-39-41(35,36)38-28-26-33)40-32(34)25-23-21-19-17-12-10-8-6-4-2/h11,13,31H,3-10,12,14-30,33H2,1-2H3,(H,35,36)/b13-11-. The van der Waals surface area contributed by atoms with Gasteiger partial charge in [0.05, 0.1) is 19.8 Å². The molecule has 0 rings (SSSR count). The van der Waals surface area contributed by atoms with E-state index in [0.717, 1.165) is 32.1 Å². The molecular formula is C32H64NO7P. The predicted molar refractivity (Wildman–Crippen MR) is 169 cm³/mol. The van der Waals surface area contributed by atoms with Gasteiger partial charge in [-0.2, -0.15) is 0 Å². The second-order valence-corrected chi connectivity index (χ2v) is 12.5. The normalized spacial score (nSPS) is 14.0. The van der Waals surface area contributed by atoms with Crippen LogP contribution in [0.5, 0.6) is 0 Å². The molecule has 2 atom stereocenters. The van der Waals surface area contributed by atoms with Crippen molar-refractivity contribution < 1.29 is 32.8 Å². The minimum Gasteiger partial charge on any atom is -0.457 e. The van der Waals surface area contributed by atoms with E-state index in [1.807, 2.05) is 0 Å². The first kappa shape index (κ1) is 40.2. The third-order valence-electron chi connectivity index (χ3n) is 6.93. The van der Waals surface area contributed by atoms with Crippen LogP contribution in [0.3, 0.4) is 0 Å². The lowest BCUT2D eigenvalue weighted by Crippen LogP contribution is -2.28. The summed E-state index contributed by atoms with van der Waals surface area (Å²) in [5.41, 5.74) is 5.33. The molecule has 0 aliphatic carbocycles. The minimum absolute atomic E-state index is 0.0942. The highest BCUT2D eigenvalue weighted by atomic mass is 31.2.